The van der Waals surface area contributed by atoms with Gasteiger partial charge in [0, 0.05) is 51.3 Å². The van der Waals surface area contributed by atoms with E-state index in [9.17, 15) is 26.4 Å². The fraction of sp³-hybridized carbons (Fsp3) is 0.688. The molecule has 0 radical (unpaired) electrons. The average molecular weight is 421 g/mol. The number of amides is 1. The molecule has 0 aliphatic carbocycles. The fourth-order valence-corrected chi connectivity index (χ4v) is 4.40. The second-order valence-corrected chi connectivity index (χ2v) is 8.99. The minimum atomic E-state index is -4.53. The number of sulfonamides is 1. The predicted octanol–water partition coefficient (Wildman–Crippen LogP) is 0.816. The first kappa shape index (κ1) is 20.8. The number of aromatic nitrogens is 2. The maximum Gasteiger partial charge on any atom is 0.433 e. The van der Waals surface area contributed by atoms with Crippen molar-refractivity contribution < 1.29 is 26.4 Å². The van der Waals surface area contributed by atoms with E-state index in [0.29, 0.717) is 52.1 Å². The third-order valence-corrected chi connectivity index (χ3v) is 6.43. The fourth-order valence-electron chi connectivity index (χ4n) is 3.52. The molecule has 2 fully saturated rings. The van der Waals surface area contributed by atoms with Gasteiger partial charge in [-0.15, -0.1) is 0 Å². The Bertz CT molecular complexity index is 817. The highest BCUT2D eigenvalue weighted by atomic mass is 32.2. The summed E-state index contributed by atoms with van der Waals surface area (Å²) in [5, 5.41) is 0. The monoisotopic (exact) mass is 421 g/mol. The molecule has 0 aromatic carbocycles. The highest BCUT2D eigenvalue weighted by molar-refractivity contribution is 7.88. The van der Waals surface area contributed by atoms with Crippen LogP contribution in [0.2, 0.25) is 0 Å². The number of hydrogen-bond acceptors (Lipinski definition) is 6. The highest BCUT2D eigenvalue weighted by Gasteiger charge is 2.35. The van der Waals surface area contributed by atoms with E-state index in [1.807, 2.05) is 0 Å². The van der Waals surface area contributed by atoms with Crippen LogP contribution < -0.4 is 4.90 Å². The topological polar surface area (TPSA) is 86.7 Å². The van der Waals surface area contributed by atoms with Crippen LogP contribution in [0.3, 0.4) is 0 Å². The molecule has 1 amide bonds. The van der Waals surface area contributed by atoms with Gasteiger partial charge in [0.25, 0.3) is 0 Å². The Hall–Kier alpha value is -1.95. The minimum Gasteiger partial charge on any atom is -0.353 e. The molecule has 8 nitrogen and oxygen atoms in total. The van der Waals surface area contributed by atoms with E-state index in [4.69, 9.17) is 0 Å². The van der Waals surface area contributed by atoms with Crippen molar-refractivity contribution in [3.05, 3.63) is 18.1 Å². The van der Waals surface area contributed by atoms with Gasteiger partial charge in [0.2, 0.25) is 15.9 Å². The van der Waals surface area contributed by atoms with Crippen LogP contribution in [0.1, 0.15) is 18.5 Å². The second kappa shape index (κ2) is 7.82. The summed E-state index contributed by atoms with van der Waals surface area (Å²) < 4.78 is 62.9. The molecule has 1 aromatic rings. The molecule has 1 aromatic heterocycles. The van der Waals surface area contributed by atoms with E-state index in [1.165, 1.54) is 4.31 Å². The van der Waals surface area contributed by atoms with E-state index >= 15 is 0 Å². The lowest BCUT2D eigenvalue weighted by molar-refractivity contribution is -0.141. The number of anilines is 1. The molecule has 0 atom stereocenters. The number of carbonyl (C=O) groups is 1. The van der Waals surface area contributed by atoms with E-state index in [-0.39, 0.29) is 17.6 Å². The minimum absolute atomic E-state index is 0.0218. The summed E-state index contributed by atoms with van der Waals surface area (Å²) in [6, 6.07) is 0.915. The van der Waals surface area contributed by atoms with Gasteiger partial charge in [0.15, 0.2) is 0 Å². The van der Waals surface area contributed by atoms with Crippen molar-refractivity contribution in [2.75, 3.05) is 50.4 Å². The van der Waals surface area contributed by atoms with E-state index < -0.39 is 21.9 Å². The molecule has 0 bridgehead atoms. The average Bonchev–Trinajstić information content (AvgIpc) is 2.66. The standard InChI is InChI=1S/C16H22F3N5O3S/c1-28(26,27)24-4-2-12(3-5-24)15(25)23-8-6-22(7-9-23)14-10-13(16(17,18)19)20-11-21-14/h10-12H,2-9H2,1H3. The lowest BCUT2D eigenvalue weighted by atomic mass is 9.96. The van der Waals surface area contributed by atoms with Gasteiger partial charge in [-0.05, 0) is 12.8 Å². The first-order valence-corrected chi connectivity index (χ1v) is 10.8. The van der Waals surface area contributed by atoms with Gasteiger partial charge in [-0.3, -0.25) is 4.79 Å². The number of nitrogens with zero attached hydrogens (tertiary/aromatic N) is 5. The summed E-state index contributed by atoms with van der Waals surface area (Å²) in [7, 11) is -3.24. The normalized spacial score (nSPS) is 20.4. The van der Waals surface area contributed by atoms with Gasteiger partial charge < -0.3 is 9.80 Å². The second-order valence-electron chi connectivity index (χ2n) is 7.01. The zero-order valence-electron chi connectivity index (χ0n) is 15.4. The summed E-state index contributed by atoms with van der Waals surface area (Å²) in [6.45, 7) is 2.18. The van der Waals surface area contributed by atoms with Crippen LogP contribution >= 0.6 is 0 Å². The largest absolute Gasteiger partial charge is 0.433 e. The molecule has 0 spiro atoms. The van der Waals surface area contributed by atoms with Crippen molar-refractivity contribution in [3.63, 3.8) is 0 Å². The first-order valence-electron chi connectivity index (χ1n) is 8.94. The van der Waals surface area contributed by atoms with E-state index in [2.05, 4.69) is 9.97 Å². The molecule has 156 valence electrons. The lowest BCUT2D eigenvalue weighted by Crippen LogP contribution is -2.52. The van der Waals surface area contributed by atoms with Crippen molar-refractivity contribution in [2.24, 2.45) is 5.92 Å². The van der Waals surface area contributed by atoms with Gasteiger partial charge in [-0.2, -0.15) is 13.2 Å². The van der Waals surface area contributed by atoms with Crippen LogP contribution in [0.25, 0.3) is 0 Å². The van der Waals surface area contributed by atoms with Gasteiger partial charge >= 0.3 is 6.18 Å². The quantitative estimate of drug-likeness (QED) is 0.718. The molecule has 2 saturated heterocycles. The smallest absolute Gasteiger partial charge is 0.353 e. The molecule has 12 heteroatoms. The number of rotatable bonds is 3. The molecular formula is C16H22F3N5O3S. The van der Waals surface area contributed by atoms with Crippen LogP contribution in [-0.2, 0) is 21.0 Å². The number of carbonyl (C=O) groups excluding carboxylic acids is 1. The van der Waals surface area contributed by atoms with Gasteiger partial charge in [-0.1, -0.05) is 0 Å². The van der Waals surface area contributed by atoms with E-state index in [1.54, 1.807) is 9.80 Å². The predicted molar refractivity (Wildman–Crippen MR) is 95.0 cm³/mol. The van der Waals surface area contributed by atoms with Crippen molar-refractivity contribution in [1.29, 1.82) is 0 Å². The Labute approximate surface area is 161 Å². The van der Waals surface area contributed by atoms with Crippen LogP contribution in [0.15, 0.2) is 12.4 Å². The van der Waals surface area contributed by atoms with Gasteiger partial charge in [-0.25, -0.2) is 22.7 Å². The SMILES string of the molecule is CS(=O)(=O)N1CCC(C(=O)N2CCN(c3cc(C(F)(F)F)ncn3)CC2)CC1. The van der Waals surface area contributed by atoms with Crippen LogP contribution in [0.5, 0.6) is 0 Å². The lowest BCUT2D eigenvalue weighted by Gasteiger charge is -2.38. The number of halogens is 3. The van der Waals surface area contributed by atoms with Crippen molar-refractivity contribution in [3.8, 4) is 0 Å². The third-order valence-electron chi connectivity index (χ3n) is 5.13. The van der Waals surface area contributed by atoms with E-state index in [0.717, 1.165) is 18.6 Å². The maximum atomic E-state index is 12.8. The highest BCUT2D eigenvalue weighted by Crippen LogP contribution is 2.29. The van der Waals surface area contributed by atoms with Gasteiger partial charge in [0.1, 0.15) is 17.8 Å². The zero-order valence-corrected chi connectivity index (χ0v) is 16.2. The van der Waals surface area contributed by atoms with Crippen LogP contribution in [0, 0.1) is 5.92 Å². The molecule has 2 aliphatic heterocycles. The summed E-state index contributed by atoms with van der Waals surface area (Å²) in [6.07, 6.45) is -1.52. The number of piperazine rings is 1. The molecule has 0 N–H and O–H groups in total. The van der Waals surface area contributed by atoms with Crippen LogP contribution in [-0.4, -0.2) is 79.0 Å². The van der Waals surface area contributed by atoms with Crippen molar-refractivity contribution in [1.82, 2.24) is 19.2 Å². The molecule has 28 heavy (non-hydrogen) atoms. The summed E-state index contributed by atoms with van der Waals surface area (Å²) in [5.74, 6) is -0.0530. The van der Waals surface area contributed by atoms with Crippen molar-refractivity contribution >= 4 is 21.7 Å². The molecule has 3 heterocycles. The number of hydrogen-bond donors (Lipinski definition) is 0. The maximum absolute atomic E-state index is 12.8. The van der Waals surface area contributed by atoms with Crippen molar-refractivity contribution in [2.45, 2.75) is 19.0 Å². The molecule has 0 unspecified atom stereocenters. The Morgan fingerprint density at radius 3 is 2.21 bits per heavy atom. The summed E-state index contributed by atoms with van der Waals surface area (Å²) in [4.78, 5) is 23.3. The third kappa shape index (κ3) is 4.72. The van der Waals surface area contributed by atoms with Crippen LogP contribution in [0.4, 0.5) is 19.0 Å². The number of alkyl halides is 3. The summed E-state index contributed by atoms with van der Waals surface area (Å²) in [5.41, 5.74) is -0.992. The molecule has 3 rings (SSSR count). The Balaban J connectivity index is 1.55. The first-order chi connectivity index (χ1) is 13.1. The Morgan fingerprint density at radius 1 is 1.07 bits per heavy atom. The van der Waals surface area contributed by atoms with Gasteiger partial charge in [0.05, 0.1) is 6.26 Å². The summed E-state index contributed by atoms with van der Waals surface area (Å²) >= 11 is 0. The Kier molecular flexibility index (Phi) is 5.80. The number of piperidine rings is 1. The molecule has 0 saturated carbocycles. The Morgan fingerprint density at radius 2 is 1.68 bits per heavy atom. The molecule has 2 aliphatic rings. The molecular weight excluding hydrogens is 399 g/mol. The zero-order chi connectivity index (χ0) is 20.5.